The van der Waals surface area contributed by atoms with Gasteiger partial charge in [-0.15, -0.1) is 0 Å². The third-order valence-electron chi connectivity index (χ3n) is 5.33. The van der Waals surface area contributed by atoms with Crippen LogP contribution in [0.1, 0.15) is 22.4 Å². The lowest BCUT2D eigenvalue weighted by atomic mass is 10.1. The van der Waals surface area contributed by atoms with E-state index in [2.05, 4.69) is 15.3 Å². The highest BCUT2D eigenvalue weighted by Crippen LogP contribution is 2.30. The van der Waals surface area contributed by atoms with Crippen LogP contribution in [0.3, 0.4) is 0 Å². The van der Waals surface area contributed by atoms with Crippen molar-refractivity contribution >= 4 is 10.9 Å². The van der Waals surface area contributed by atoms with Gasteiger partial charge in [-0.3, -0.25) is 4.79 Å². The van der Waals surface area contributed by atoms with Crippen molar-refractivity contribution in [1.82, 2.24) is 9.55 Å². The standard InChI is InChI=1S/C23H26N4O5/c1-14-6-5-7-15(2)21(14)27-18(13-31-4)8-19(28)20-22(27)16(3)9-24-23(20)32-12-17(10-25-29)11-26-30/h5-9,17H,10-13H2,1-4H3. The highest BCUT2D eigenvalue weighted by atomic mass is 16.5. The summed E-state index contributed by atoms with van der Waals surface area (Å²) in [7, 11) is 1.58. The number of benzene rings is 1. The molecule has 9 heteroatoms. The van der Waals surface area contributed by atoms with Gasteiger partial charge in [-0.05, 0) is 37.5 Å². The van der Waals surface area contributed by atoms with Crippen LogP contribution >= 0.6 is 0 Å². The lowest BCUT2D eigenvalue weighted by Crippen LogP contribution is -2.21. The molecule has 9 nitrogen and oxygen atoms in total. The molecule has 0 radical (unpaired) electrons. The first-order valence-electron chi connectivity index (χ1n) is 10.2. The fraction of sp³-hybridized carbons (Fsp3) is 0.391. The molecule has 1 aromatic carbocycles. The highest BCUT2D eigenvalue weighted by Gasteiger charge is 2.21. The zero-order valence-corrected chi connectivity index (χ0v) is 18.6. The summed E-state index contributed by atoms with van der Waals surface area (Å²) in [4.78, 5) is 38.8. The molecule has 0 aliphatic heterocycles. The molecule has 3 aromatic rings. The quantitative estimate of drug-likeness (QED) is 0.443. The number of para-hydroxylation sites is 1. The Kier molecular flexibility index (Phi) is 7.42. The SMILES string of the molecule is COCc1cc(=O)c2c(OCC(CN=O)CN=O)ncc(C)c2n1-c1c(C)cccc1C. The number of methoxy groups -OCH3 is 1. The Morgan fingerprint density at radius 1 is 1.06 bits per heavy atom. The van der Waals surface area contributed by atoms with E-state index in [1.54, 1.807) is 13.3 Å². The van der Waals surface area contributed by atoms with E-state index in [-0.39, 0.29) is 37.6 Å². The number of nitroso groups, excluding NO2 is 2. The van der Waals surface area contributed by atoms with Gasteiger partial charge in [0.2, 0.25) is 5.88 Å². The Bertz CT molecular complexity index is 1170. The van der Waals surface area contributed by atoms with Crippen LogP contribution < -0.4 is 10.2 Å². The summed E-state index contributed by atoms with van der Waals surface area (Å²) < 4.78 is 13.2. The number of pyridine rings is 2. The van der Waals surface area contributed by atoms with Gasteiger partial charge in [-0.2, -0.15) is 9.81 Å². The molecule has 0 aliphatic carbocycles. The van der Waals surface area contributed by atoms with Crippen LogP contribution in [0, 0.1) is 36.5 Å². The fourth-order valence-corrected chi connectivity index (χ4v) is 3.87. The second-order valence-electron chi connectivity index (χ2n) is 7.78. The Balaban J connectivity index is 2.27. The summed E-state index contributed by atoms with van der Waals surface area (Å²) in [5.41, 5.74) is 4.96. The number of rotatable bonds is 10. The third-order valence-corrected chi connectivity index (χ3v) is 5.33. The first kappa shape index (κ1) is 23.2. The van der Waals surface area contributed by atoms with Gasteiger partial charge in [0.15, 0.2) is 5.43 Å². The molecule has 0 amide bonds. The number of aryl methyl sites for hydroxylation is 3. The van der Waals surface area contributed by atoms with Crippen molar-refractivity contribution in [3.05, 3.63) is 72.9 Å². The Morgan fingerprint density at radius 2 is 1.72 bits per heavy atom. The third kappa shape index (κ3) is 4.57. The minimum Gasteiger partial charge on any atom is -0.477 e. The molecule has 0 saturated heterocycles. The van der Waals surface area contributed by atoms with Crippen LogP contribution in [0.25, 0.3) is 16.6 Å². The van der Waals surface area contributed by atoms with E-state index in [4.69, 9.17) is 9.47 Å². The van der Waals surface area contributed by atoms with Crippen LogP contribution in [0.4, 0.5) is 0 Å². The number of hydrogen-bond donors (Lipinski definition) is 0. The van der Waals surface area contributed by atoms with E-state index in [1.165, 1.54) is 6.07 Å². The van der Waals surface area contributed by atoms with Gasteiger partial charge < -0.3 is 14.0 Å². The topological polar surface area (TPSA) is 112 Å². The number of fused-ring (bicyclic) bond motifs is 1. The molecule has 0 atom stereocenters. The Morgan fingerprint density at radius 3 is 2.31 bits per heavy atom. The fourth-order valence-electron chi connectivity index (χ4n) is 3.87. The molecule has 3 rings (SSSR count). The number of aromatic nitrogens is 2. The van der Waals surface area contributed by atoms with Crippen LogP contribution in [-0.2, 0) is 11.3 Å². The summed E-state index contributed by atoms with van der Waals surface area (Å²) in [5, 5.41) is 6.00. The maximum Gasteiger partial charge on any atom is 0.226 e. The van der Waals surface area contributed by atoms with Crippen molar-refractivity contribution in [3.63, 3.8) is 0 Å². The molecular formula is C23H26N4O5. The largest absolute Gasteiger partial charge is 0.477 e. The highest BCUT2D eigenvalue weighted by molar-refractivity contribution is 5.88. The molecular weight excluding hydrogens is 412 g/mol. The Hall–Kier alpha value is -3.46. The maximum atomic E-state index is 13.2. The van der Waals surface area contributed by atoms with Crippen molar-refractivity contribution in [2.45, 2.75) is 27.4 Å². The molecule has 0 unspecified atom stereocenters. The summed E-state index contributed by atoms with van der Waals surface area (Å²) >= 11 is 0. The Labute approximate surface area is 185 Å². The molecule has 0 bridgehead atoms. The minimum absolute atomic E-state index is 0.00863. The smallest absolute Gasteiger partial charge is 0.226 e. The number of hydrogen-bond acceptors (Lipinski definition) is 8. The van der Waals surface area contributed by atoms with Crippen LogP contribution in [0.5, 0.6) is 5.88 Å². The van der Waals surface area contributed by atoms with Crippen molar-refractivity contribution < 1.29 is 9.47 Å². The van der Waals surface area contributed by atoms with Crippen molar-refractivity contribution in [3.8, 4) is 11.6 Å². The van der Waals surface area contributed by atoms with E-state index in [9.17, 15) is 14.6 Å². The predicted octanol–water partition coefficient (Wildman–Crippen LogP) is 3.99. The average Bonchev–Trinajstić information content (AvgIpc) is 2.75. The van der Waals surface area contributed by atoms with Crippen molar-refractivity contribution in [2.24, 2.45) is 16.3 Å². The summed E-state index contributed by atoms with van der Waals surface area (Å²) in [6.45, 7) is 5.93. The van der Waals surface area contributed by atoms with E-state index in [1.807, 2.05) is 43.5 Å². The summed E-state index contributed by atoms with van der Waals surface area (Å²) in [5.74, 6) is -0.349. The molecule has 2 heterocycles. The monoisotopic (exact) mass is 438 g/mol. The van der Waals surface area contributed by atoms with E-state index in [0.717, 1.165) is 22.4 Å². The predicted molar refractivity (Wildman–Crippen MR) is 123 cm³/mol. The lowest BCUT2D eigenvalue weighted by Gasteiger charge is -2.22. The zero-order chi connectivity index (χ0) is 23.3. The van der Waals surface area contributed by atoms with Crippen LogP contribution in [0.15, 0.2) is 45.6 Å². The van der Waals surface area contributed by atoms with Gasteiger partial charge in [0.05, 0.1) is 43.2 Å². The average molecular weight is 438 g/mol. The molecule has 2 aromatic heterocycles. The number of ether oxygens (including phenoxy) is 2. The van der Waals surface area contributed by atoms with Gasteiger partial charge in [-0.25, -0.2) is 4.98 Å². The second-order valence-corrected chi connectivity index (χ2v) is 7.78. The van der Waals surface area contributed by atoms with Crippen LogP contribution in [0.2, 0.25) is 0 Å². The van der Waals surface area contributed by atoms with Gasteiger partial charge in [0.25, 0.3) is 0 Å². The maximum absolute atomic E-state index is 13.2. The molecule has 32 heavy (non-hydrogen) atoms. The van der Waals surface area contributed by atoms with E-state index >= 15 is 0 Å². The van der Waals surface area contributed by atoms with Gasteiger partial charge in [0.1, 0.15) is 5.39 Å². The summed E-state index contributed by atoms with van der Waals surface area (Å²) in [6, 6.07) is 7.55. The van der Waals surface area contributed by atoms with Crippen molar-refractivity contribution in [2.75, 3.05) is 26.8 Å². The van der Waals surface area contributed by atoms with Gasteiger partial charge in [0, 0.05) is 25.3 Å². The van der Waals surface area contributed by atoms with Crippen molar-refractivity contribution in [1.29, 1.82) is 0 Å². The van der Waals surface area contributed by atoms with Gasteiger partial charge >= 0.3 is 0 Å². The van der Waals surface area contributed by atoms with Gasteiger partial charge in [-0.1, -0.05) is 28.6 Å². The second kappa shape index (κ2) is 10.2. The minimum atomic E-state index is -0.489. The van der Waals surface area contributed by atoms with Crippen LogP contribution in [-0.4, -0.2) is 36.4 Å². The molecule has 0 spiro atoms. The van der Waals surface area contributed by atoms with E-state index in [0.29, 0.717) is 16.6 Å². The van der Waals surface area contributed by atoms with E-state index < -0.39 is 5.92 Å². The molecule has 168 valence electrons. The normalized spacial score (nSPS) is 11.2. The first-order chi connectivity index (χ1) is 15.4. The molecule has 0 fully saturated rings. The number of nitrogens with zero attached hydrogens (tertiary/aromatic N) is 4. The molecule has 0 saturated carbocycles. The molecule has 0 N–H and O–H groups in total. The first-order valence-corrected chi connectivity index (χ1v) is 10.2. The zero-order valence-electron chi connectivity index (χ0n) is 18.6. The summed E-state index contributed by atoms with van der Waals surface area (Å²) in [6.07, 6.45) is 1.64. The lowest BCUT2D eigenvalue weighted by molar-refractivity contribution is 0.180. The molecule has 0 aliphatic rings.